The first-order valence-corrected chi connectivity index (χ1v) is 5.51. The number of aromatic nitrogens is 4. The van der Waals surface area contributed by atoms with Gasteiger partial charge in [0.1, 0.15) is 11.5 Å². The van der Waals surface area contributed by atoms with E-state index in [4.69, 9.17) is 16.9 Å². The third kappa shape index (κ3) is 1.69. The fraction of sp³-hybridized carbons (Fsp3) is 0. The van der Waals surface area contributed by atoms with E-state index < -0.39 is 0 Å². The van der Waals surface area contributed by atoms with Crippen LogP contribution in [0.3, 0.4) is 0 Å². The zero-order valence-electron chi connectivity index (χ0n) is 9.08. The van der Waals surface area contributed by atoms with E-state index in [1.807, 2.05) is 6.07 Å². The largest absolute Gasteiger partial charge is 0.282 e. The van der Waals surface area contributed by atoms with Gasteiger partial charge in [-0.15, -0.1) is 0 Å². The summed E-state index contributed by atoms with van der Waals surface area (Å²) in [5.74, 6) is 0.592. The number of nitrogens with zero attached hydrogens (tertiary/aromatic N) is 5. The molecule has 0 amide bonds. The molecule has 86 valence electrons. The Kier molecular flexibility index (Phi) is 2.43. The first-order valence-electron chi connectivity index (χ1n) is 5.13. The van der Waals surface area contributed by atoms with Crippen molar-refractivity contribution in [3.05, 3.63) is 47.6 Å². The first kappa shape index (κ1) is 10.7. The second-order valence-electron chi connectivity index (χ2n) is 3.63. The second kappa shape index (κ2) is 4.09. The summed E-state index contributed by atoms with van der Waals surface area (Å²) in [4.78, 5) is 12.4. The van der Waals surface area contributed by atoms with Gasteiger partial charge in [-0.25, -0.2) is 9.97 Å². The van der Waals surface area contributed by atoms with E-state index in [-0.39, 0.29) is 0 Å². The SMILES string of the molecule is N#Cc1ccc2c(c1)ncn2-c1cncc(Cl)n1. The molecule has 0 saturated carbocycles. The molecule has 0 spiro atoms. The Balaban J connectivity index is 2.22. The van der Waals surface area contributed by atoms with Crippen molar-refractivity contribution in [3.63, 3.8) is 0 Å². The van der Waals surface area contributed by atoms with Crippen molar-refractivity contribution in [2.75, 3.05) is 0 Å². The maximum Gasteiger partial charge on any atom is 0.158 e. The number of benzene rings is 1. The summed E-state index contributed by atoms with van der Waals surface area (Å²) in [5.41, 5.74) is 2.16. The third-order valence-corrected chi connectivity index (χ3v) is 2.70. The molecule has 0 aliphatic rings. The van der Waals surface area contributed by atoms with Gasteiger partial charge in [0.2, 0.25) is 0 Å². The van der Waals surface area contributed by atoms with Crippen LogP contribution in [-0.4, -0.2) is 19.5 Å². The maximum atomic E-state index is 8.83. The van der Waals surface area contributed by atoms with Crippen molar-refractivity contribution in [1.29, 1.82) is 5.26 Å². The number of halogens is 1. The molecule has 0 aliphatic heterocycles. The fourth-order valence-corrected chi connectivity index (χ4v) is 1.86. The van der Waals surface area contributed by atoms with E-state index in [9.17, 15) is 0 Å². The summed E-state index contributed by atoms with van der Waals surface area (Å²) in [6.07, 6.45) is 4.70. The molecule has 1 aromatic carbocycles. The second-order valence-corrected chi connectivity index (χ2v) is 4.02. The van der Waals surface area contributed by atoms with Crippen LogP contribution in [0.5, 0.6) is 0 Å². The molecule has 18 heavy (non-hydrogen) atoms. The van der Waals surface area contributed by atoms with Crippen LogP contribution in [-0.2, 0) is 0 Å². The predicted octanol–water partition coefficient (Wildman–Crippen LogP) is 2.34. The number of imidazole rings is 1. The minimum atomic E-state index is 0.322. The molecular formula is C12H6ClN5. The minimum absolute atomic E-state index is 0.322. The summed E-state index contributed by atoms with van der Waals surface area (Å²) >= 11 is 5.81. The highest BCUT2D eigenvalue weighted by Crippen LogP contribution is 2.18. The molecule has 0 fully saturated rings. The Morgan fingerprint density at radius 1 is 1.28 bits per heavy atom. The van der Waals surface area contributed by atoms with Crippen molar-refractivity contribution < 1.29 is 0 Å². The molecule has 2 aromatic heterocycles. The van der Waals surface area contributed by atoms with Gasteiger partial charge in [-0.05, 0) is 18.2 Å². The molecule has 5 nitrogen and oxygen atoms in total. The van der Waals surface area contributed by atoms with E-state index in [1.165, 1.54) is 6.20 Å². The van der Waals surface area contributed by atoms with Crippen molar-refractivity contribution in [1.82, 2.24) is 19.5 Å². The Morgan fingerprint density at radius 3 is 2.94 bits per heavy atom. The van der Waals surface area contributed by atoms with Crippen molar-refractivity contribution in [2.24, 2.45) is 0 Å². The lowest BCUT2D eigenvalue weighted by atomic mass is 10.2. The molecule has 2 heterocycles. The summed E-state index contributed by atoms with van der Waals surface area (Å²) in [6, 6.07) is 7.36. The van der Waals surface area contributed by atoms with Crippen molar-refractivity contribution >= 4 is 22.6 Å². The maximum absolute atomic E-state index is 8.83. The zero-order valence-corrected chi connectivity index (χ0v) is 9.83. The Morgan fingerprint density at radius 2 is 2.17 bits per heavy atom. The van der Waals surface area contributed by atoms with Crippen LogP contribution in [0.1, 0.15) is 5.56 Å². The van der Waals surface area contributed by atoms with Gasteiger partial charge >= 0.3 is 0 Å². The lowest BCUT2D eigenvalue weighted by Crippen LogP contribution is -1.96. The molecule has 0 radical (unpaired) electrons. The van der Waals surface area contributed by atoms with Gasteiger partial charge < -0.3 is 0 Å². The normalized spacial score (nSPS) is 10.4. The summed E-state index contributed by atoms with van der Waals surface area (Å²) in [5, 5.41) is 9.16. The monoisotopic (exact) mass is 255 g/mol. The van der Waals surface area contributed by atoms with Crippen LogP contribution in [0.2, 0.25) is 5.15 Å². The van der Waals surface area contributed by atoms with Gasteiger partial charge in [0.25, 0.3) is 0 Å². The standard InChI is InChI=1S/C12H6ClN5/c13-11-5-15-6-12(17-11)18-7-16-9-3-8(4-14)1-2-10(9)18/h1-3,5-7H. The molecule has 0 N–H and O–H groups in total. The van der Waals surface area contributed by atoms with E-state index in [0.29, 0.717) is 16.5 Å². The lowest BCUT2D eigenvalue weighted by Gasteiger charge is -2.02. The van der Waals surface area contributed by atoms with Gasteiger partial charge in [0, 0.05) is 0 Å². The minimum Gasteiger partial charge on any atom is -0.282 e. The van der Waals surface area contributed by atoms with Gasteiger partial charge in [0.15, 0.2) is 5.82 Å². The number of rotatable bonds is 1. The topological polar surface area (TPSA) is 67.4 Å². The van der Waals surface area contributed by atoms with Crippen LogP contribution in [0.15, 0.2) is 36.9 Å². The number of fused-ring (bicyclic) bond motifs is 1. The average molecular weight is 256 g/mol. The molecular weight excluding hydrogens is 250 g/mol. The molecule has 0 atom stereocenters. The van der Waals surface area contributed by atoms with E-state index >= 15 is 0 Å². The molecule has 3 aromatic rings. The van der Waals surface area contributed by atoms with Crippen LogP contribution in [0, 0.1) is 11.3 Å². The van der Waals surface area contributed by atoms with Gasteiger partial charge in [-0.3, -0.25) is 9.55 Å². The van der Waals surface area contributed by atoms with E-state index in [2.05, 4.69) is 21.0 Å². The van der Waals surface area contributed by atoms with E-state index in [1.54, 1.807) is 29.2 Å². The summed E-state index contributed by atoms with van der Waals surface area (Å²) in [7, 11) is 0. The molecule has 0 saturated heterocycles. The Hall–Kier alpha value is -2.45. The molecule has 0 unspecified atom stereocenters. The summed E-state index contributed by atoms with van der Waals surface area (Å²) in [6.45, 7) is 0. The van der Waals surface area contributed by atoms with Gasteiger partial charge in [0.05, 0.1) is 35.1 Å². The number of nitriles is 1. The van der Waals surface area contributed by atoms with Crippen LogP contribution in [0.25, 0.3) is 16.9 Å². The van der Waals surface area contributed by atoms with Gasteiger partial charge in [-0.1, -0.05) is 11.6 Å². The molecule has 0 aliphatic carbocycles. The fourth-order valence-electron chi connectivity index (χ4n) is 1.71. The van der Waals surface area contributed by atoms with Crippen LogP contribution >= 0.6 is 11.6 Å². The molecule has 3 rings (SSSR count). The Labute approximate surface area is 107 Å². The highest BCUT2D eigenvalue weighted by Gasteiger charge is 2.07. The highest BCUT2D eigenvalue weighted by atomic mass is 35.5. The van der Waals surface area contributed by atoms with Crippen molar-refractivity contribution in [2.45, 2.75) is 0 Å². The van der Waals surface area contributed by atoms with Crippen LogP contribution < -0.4 is 0 Å². The van der Waals surface area contributed by atoms with Gasteiger partial charge in [-0.2, -0.15) is 5.26 Å². The lowest BCUT2D eigenvalue weighted by molar-refractivity contribution is 0.996. The smallest absolute Gasteiger partial charge is 0.158 e. The zero-order chi connectivity index (χ0) is 12.5. The first-order chi connectivity index (χ1) is 8.78. The molecule has 0 bridgehead atoms. The van der Waals surface area contributed by atoms with Crippen LogP contribution in [0.4, 0.5) is 0 Å². The quantitative estimate of drug-likeness (QED) is 0.669. The Bertz CT molecular complexity index is 771. The van der Waals surface area contributed by atoms with Crippen molar-refractivity contribution in [3.8, 4) is 11.9 Å². The summed E-state index contributed by atoms with van der Waals surface area (Å²) < 4.78 is 1.77. The van der Waals surface area contributed by atoms with E-state index in [0.717, 1.165) is 11.0 Å². The highest BCUT2D eigenvalue weighted by molar-refractivity contribution is 6.29. The third-order valence-electron chi connectivity index (χ3n) is 2.52. The molecule has 6 heteroatoms. The number of hydrogen-bond acceptors (Lipinski definition) is 4. The number of hydrogen-bond donors (Lipinski definition) is 0. The average Bonchev–Trinajstić information content (AvgIpc) is 2.81. The predicted molar refractivity (Wildman–Crippen MR) is 66.4 cm³/mol.